The van der Waals surface area contributed by atoms with Crippen molar-refractivity contribution in [2.45, 2.75) is 331 Å². The second-order valence-electron chi connectivity index (χ2n) is 22.1. The fourth-order valence-corrected chi connectivity index (χ4v) is 9.57. The molecule has 0 aliphatic heterocycles. The van der Waals surface area contributed by atoms with Crippen molar-refractivity contribution in [3.8, 4) is 0 Å². The van der Waals surface area contributed by atoms with Crippen molar-refractivity contribution in [2.75, 3.05) is 0 Å². The number of esters is 3. The lowest BCUT2D eigenvalue weighted by Crippen LogP contribution is -2.41. The van der Waals surface area contributed by atoms with Gasteiger partial charge in [-0.05, 0) is 163 Å². The average molecular weight is 889 g/mol. The van der Waals surface area contributed by atoms with Gasteiger partial charge in [0.15, 0.2) is 0 Å². The van der Waals surface area contributed by atoms with Gasteiger partial charge in [-0.25, -0.2) is 0 Å². The first kappa shape index (κ1) is 59.4. The SMILES string of the molecule is CCCCCCC1(OC(=O)C(C)CC)CCCC1.CCCCCCCC1(OC(=O)C(C)(C)CC)CCCCC1.CCCCCCCCC1(OC(=O)C(C)(C)CC)CCCCCCC1. The van der Waals surface area contributed by atoms with Crippen molar-refractivity contribution in [3.05, 3.63) is 0 Å². The first-order valence-electron chi connectivity index (χ1n) is 27.7. The van der Waals surface area contributed by atoms with Crippen molar-refractivity contribution in [2.24, 2.45) is 16.7 Å². The first-order chi connectivity index (χ1) is 30.0. The summed E-state index contributed by atoms with van der Waals surface area (Å²) in [5.74, 6) is 0.116. The van der Waals surface area contributed by atoms with Crippen LogP contribution in [0.1, 0.15) is 314 Å². The molecule has 6 heteroatoms. The Morgan fingerprint density at radius 3 is 1.02 bits per heavy atom. The van der Waals surface area contributed by atoms with Gasteiger partial charge in [0, 0.05) is 0 Å². The zero-order valence-electron chi connectivity index (χ0n) is 44.2. The van der Waals surface area contributed by atoms with E-state index >= 15 is 0 Å². The molecule has 0 saturated heterocycles. The topological polar surface area (TPSA) is 78.9 Å². The van der Waals surface area contributed by atoms with Gasteiger partial charge >= 0.3 is 17.9 Å². The summed E-state index contributed by atoms with van der Waals surface area (Å²) in [6.07, 6.45) is 44.1. The highest BCUT2D eigenvalue weighted by atomic mass is 16.6. The minimum atomic E-state index is -0.351. The van der Waals surface area contributed by atoms with Crippen LogP contribution in [0.2, 0.25) is 0 Å². The molecule has 63 heavy (non-hydrogen) atoms. The Morgan fingerprint density at radius 2 is 0.683 bits per heavy atom. The van der Waals surface area contributed by atoms with Crippen molar-refractivity contribution < 1.29 is 28.6 Å². The maximum Gasteiger partial charge on any atom is 0.312 e. The summed E-state index contributed by atoms with van der Waals surface area (Å²) in [4.78, 5) is 37.2. The predicted octanol–water partition coefficient (Wildman–Crippen LogP) is 18.1. The summed E-state index contributed by atoms with van der Waals surface area (Å²) < 4.78 is 18.3. The van der Waals surface area contributed by atoms with E-state index in [4.69, 9.17) is 14.2 Å². The maximum atomic E-state index is 12.7. The Hall–Kier alpha value is -1.59. The van der Waals surface area contributed by atoms with Crippen LogP contribution >= 0.6 is 0 Å². The van der Waals surface area contributed by atoms with E-state index in [2.05, 4.69) is 41.5 Å². The molecule has 3 rings (SSSR count). The number of rotatable bonds is 27. The molecule has 0 N–H and O–H groups in total. The molecule has 3 saturated carbocycles. The van der Waals surface area contributed by atoms with Gasteiger partial charge in [-0.3, -0.25) is 14.4 Å². The lowest BCUT2D eigenvalue weighted by atomic mass is 9.80. The molecular weight excluding hydrogens is 781 g/mol. The van der Waals surface area contributed by atoms with Gasteiger partial charge in [0.05, 0.1) is 16.7 Å². The van der Waals surface area contributed by atoms with Crippen LogP contribution in [0.4, 0.5) is 0 Å². The van der Waals surface area contributed by atoms with Crippen molar-refractivity contribution in [1.82, 2.24) is 0 Å². The predicted molar refractivity (Wildman–Crippen MR) is 268 cm³/mol. The van der Waals surface area contributed by atoms with Gasteiger partial charge < -0.3 is 14.2 Å². The molecule has 372 valence electrons. The third-order valence-corrected chi connectivity index (χ3v) is 15.6. The summed E-state index contributed by atoms with van der Waals surface area (Å²) in [5, 5.41) is 0. The molecule has 3 aliphatic rings. The molecule has 0 heterocycles. The fourth-order valence-electron chi connectivity index (χ4n) is 9.57. The number of hydrogen-bond acceptors (Lipinski definition) is 6. The molecule has 0 bridgehead atoms. The van der Waals surface area contributed by atoms with Gasteiger partial charge in [-0.1, -0.05) is 151 Å². The van der Waals surface area contributed by atoms with Crippen molar-refractivity contribution in [1.29, 1.82) is 0 Å². The largest absolute Gasteiger partial charge is 0.459 e. The van der Waals surface area contributed by atoms with Gasteiger partial charge in [0.25, 0.3) is 0 Å². The lowest BCUT2D eigenvalue weighted by Gasteiger charge is -2.39. The summed E-state index contributed by atoms with van der Waals surface area (Å²) in [5.41, 5.74) is -1.11. The molecule has 1 unspecified atom stereocenters. The minimum Gasteiger partial charge on any atom is -0.459 e. The number of carbonyl (C=O) groups is 3. The van der Waals surface area contributed by atoms with E-state index in [0.717, 1.165) is 77.0 Å². The van der Waals surface area contributed by atoms with E-state index in [1.54, 1.807) is 0 Å². The molecule has 0 radical (unpaired) electrons. The van der Waals surface area contributed by atoms with Gasteiger partial charge in [-0.15, -0.1) is 0 Å². The highest BCUT2D eigenvalue weighted by Crippen LogP contribution is 2.41. The van der Waals surface area contributed by atoms with E-state index in [0.29, 0.717) is 0 Å². The van der Waals surface area contributed by atoms with Gasteiger partial charge in [0.1, 0.15) is 16.8 Å². The van der Waals surface area contributed by atoms with Crippen LogP contribution in [0, 0.1) is 16.7 Å². The zero-order chi connectivity index (χ0) is 47.1. The van der Waals surface area contributed by atoms with Crippen molar-refractivity contribution >= 4 is 17.9 Å². The molecular formula is C57H108O6. The van der Waals surface area contributed by atoms with Crippen molar-refractivity contribution in [3.63, 3.8) is 0 Å². The first-order valence-corrected chi connectivity index (χ1v) is 27.7. The molecule has 0 aromatic carbocycles. The molecule has 3 aliphatic carbocycles. The smallest absolute Gasteiger partial charge is 0.312 e. The fraction of sp³-hybridized carbons (Fsp3) is 0.947. The van der Waals surface area contributed by atoms with Crippen LogP contribution in [-0.4, -0.2) is 34.7 Å². The van der Waals surface area contributed by atoms with Gasteiger partial charge in [-0.2, -0.15) is 0 Å². The third kappa shape index (κ3) is 24.1. The second kappa shape index (κ2) is 33.0. The Balaban J connectivity index is 0.000000477. The number of unbranched alkanes of at least 4 members (excludes halogenated alkanes) is 12. The molecule has 6 nitrogen and oxygen atoms in total. The molecule has 0 amide bonds. The van der Waals surface area contributed by atoms with E-state index in [1.165, 1.54) is 161 Å². The third-order valence-electron chi connectivity index (χ3n) is 15.6. The molecule has 0 spiro atoms. The average Bonchev–Trinajstić information content (AvgIpc) is 3.73. The zero-order valence-corrected chi connectivity index (χ0v) is 44.2. The summed E-state index contributed by atoms with van der Waals surface area (Å²) in [6, 6.07) is 0. The Kier molecular flexibility index (Phi) is 31.1. The van der Waals surface area contributed by atoms with E-state index in [9.17, 15) is 14.4 Å². The minimum absolute atomic E-state index is 0.0143. The number of ether oxygens (including phenoxy) is 3. The van der Waals surface area contributed by atoms with Crippen LogP contribution in [0.15, 0.2) is 0 Å². The van der Waals surface area contributed by atoms with E-state index < -0.39 is 0 Å². The highest BCUT2D eigenvalue weighted by molar-refractivity contribution is 5.76. The Labute approximate surface area is 392 Å². The van der Waals surface area contributed by atoms with Crippen LogP contribution in [-0.2, 0) is 28.6 Å². The quantitative estimate of drug-likeness (QED) is 0.0464. The maximum absolute atomic E-state index is 12.7. The molecule has 1 atom stereocenters. The number of carbonyl (C=O) groups excluding carboxylic acids is 3. The Bertz CT molecular complexity index is 1170. The second-order valence-corrected chi connectivity index (χ2v) is 22.1. The lowest BCUT2D eigenvalue weighted by molar-refractivity contribution is -0.176. The van der Waals surface area contributed by atoms with E-state index in [1.807, 2.05) is 34.6 Å². The van der Waals surface area contributed by atoms with Crippen LogP contribution < -0.4 is 0 Å². The van der Waals surface area contributed by atoms with Gasteiger partial charge in [0.2, 0.25) is 0 Å². The molecule has 0 aromatic heterocycles. The van der Waals surface area contributed by atoms with Crippen LogP contribution in [0.5, 0.6) is 0 Å². The molecule has 0 aromatic rings. The normalized spacial score (nSPS) is 18.9. The summed E-state index contributed by atoms with van der Waals surface area (Å²) in [7, 11) is 0. The summed E-state index contributed by atoms with van der Waals surface area (Å²) in [6.45, 7) is 23.0. The highest BCUT2D eigenvalue weighted by Gasteiger charge is 2.41. The summed E-state index contributed by atoms with van der Waals surface area (Å²) >= 11 is 0. The van der Waals surface area contributed by atoms with Crippen LogP contribution in [0.3, 0.4) is 0 Å². The molecule has 3 fully saturated rings. The van der Waals surface area contributed by atoms with Crippen LogP contribution in [0.25, 0.3) is 0 Å². The standard InChI is InChI=1S/C22H42O2.C19H36O2.C16H30O2/c1-5-7-8-9-11-14-17-22(18-15-12-10-13-16-19-22)24-20(23)21(3,4)6-2;1-5-7-8-9-11-14-19(15-12-10-13-16-19)21-17(20)18(3,4)6-2;1-4-6-7-8-11-16(12-9-10-13-16)18-15(17)14(3)5-2/h5-19H2,1-4H3;5-16H2,1-4H3;14H,4-13H2,1-3H3. The Morgan fingerprint density at radius 1 is 0.413 bits per heavy atom. The number of hydrogen-bond donors (Lipinski definition) is 0. The monoisotopic (exact) mass is 889 g/mol. The van der Waals surface area contributed by atoms with E-state index in [-0.39, 0.29) is 51.5 Å².